The number of aryl methyl sites for hydroxylation is 1. The summed E-state index contributed by atoms with van der Waals surface area (Å²) in [5.74, 6) is 0.963. The van der Waals surface area contributed by atoms with Gasteiger partial charge in [0, 0.05) is 5.56 Å². The van der Waals surface area contributed by atoms with Crippen molar-refractivity contribution >= 4 is 0 Å². The fourth-order valence-electron chi connectivity index (χ4n) is 5.78. The lowest BCUT2D eigenvalue weighted by molar-refractivity contribution is -0.0405. The summed E-state index contributed by atoms with van der Waals surface area (Å²) in [5.41, 5.74) is 2.49. The second kappa shape index (κ2) is 10.9. The Bertz CT molecular complexity index is 859. The van der Waals surface area contributed by atoms with E-state index in [9.17, 15) is 8.78 Å². The molecule has 2 aromatic rings. The third-order valence-electron chi connectivity index (χ3n) is 7.95. The molecule has 0 aromatic heterocycles. The number of unbranched alkanes of at least 4 members (excludes halogenated alkanes) is 2. The van der Waals surface area contributed by atoms with E-state index < -0.39 is 11.6 Å². The SMILES string of the molecule is CCCCCC1CCC(C2CCC(c3ccc(-c4ccc(C)c(F)c4F)cc3)OC2)CC1. The molecular weight excluding hydrogens is 402 g/mol. The van der Waals surface area contributed by atoms with E-state index in [2.05, 4.69) is 6.92 Å². The van der Waals surface area contributed by atoms with Crippen molar-refractivity contribution in [3.63, 3.8) is 0 Å². The molecular formula is C29H38F2O. The van der Waals surface area contributed by atoms with Gasteiger partial charge in [0.2, 0.25) is 0 Å². The fraction of sp³-hybridized carbons (Fsp3) is 0.586. The van der Waals surface area contributed by atoms with Crippen LogP contribution in [-0.2, 0) is 4.74 Å². The first-order valence-corrected chi connectivity index (χ1v) is 12.7. The number of hydrogen-bond acceptors (Lipinski definition) is 1. The Morgan fingerprint density at radius 2 is 1.53 bits per heavy atom. The van der Waals surface area contributed by atoms with Gasteiger partial charge in [0.25, 0.3) is 0 Å². The number of hydrogen-bond donors (Lipinski definition) is 0. The van der Waals surface area contributed by atoms with Gasteiger partial charge in [-0.3, -0.25) is 0 Å². The van der Waals surface area contributed by atoms with Crippen LogP contribution < -0.4 is 0 Å². The van der Waals surface area contributed by atoms with Gasteiger partial charge in [-0.1, -0.05) is 81.8 Å². The Balaban J connectivity index is 1.28. The normalized spacial score (nSPS) is 26.2. The third-order valence-corrected chi connectivity index (χ3v) is 7.95. The topological polar surface area (TPSA) is 9.23 Å². The van der Waals surface area contributed by atoms with Crippen LogP contribution in [0.2, 0.25) is 0 Å². The second-order valence-electron chi connectivity index (χ2n) is 10.1. The molecule has 1 heterocycles. The van der Waals surface area contributed by atoms with E-state index in [-0.39, 0.29) is 6.10 Å². The number of rotatable bonds is 7. The summed E-state index contributed by atoms with van der Waals surface area (Å²) in [7, 11) is 0. The molecule has 1 aliphatic carbocycles. The molecule has 2 aromatic carbocycles. The van der Waals surface area contributed by atoms with Crippen molar-refractivity contribution in [2.24, 2.45) is 17.8 Å². The maximum Gasteiger partial charge on any atom is 0.166 e. The third kappa shape index (κ3) is 5.42. The minimum atomic E-state index is -0.769. The van der Waals surface area contributed by atoms with Crippen LogP contribution in [0, 0.1) is 36.3 Å². The first-order valence-electron chi connectivity index (χ1n) is 12.7. The summed E-state index contributed by atoms with van der Waals surface area (Å²) in [4.78, 5) is 0. The molecule has 174 valence electrons. The van der Waals surface area contributed by atoms with Gasteiger partial charge < -0.3 is 4.74 Å². The Hall–Kier alpha value is -1.74. The van der Waals surface area contributed by atoms with Gasteiger partial charge in [0.1, 0.15) is 0 Å². The highest BCUT2D eigenvalue weighted by Crippen LogP contribution is 2.41. The Labute approximate surface area is 192 Å². The van der Waals surface area contributed by atoms with E-state index in [0.717, 1.165) is 30.4 Å². The molecule has 2 fully saturated rings. The van der Waals surface area contributed by atoms with Crippen LogP contribution in [0.3, 0.4) is 0 Å². The van der Waals surface area contributed by atoms with Crippen LogP contribution in [0.5, 0.6) is 0 Å². The maximum absolute atomic E-state index is 14.3. The zero-order valence-corrected chi connectivity index (χ0v) is 19.7. The Morgan fingerprint density at radius 1 is 0.812 bits per heavy atom. The standard InChI is InChI=1S/C29H38F2O/c1-3-4-5-6-21-8-10-22(11-9-21)25-16-18-27(32-19-25)24-14-12-23(13-15-24)26-17-7-20(2)28(30)29(26)31/h7,12-15,17,21-22,25,27H,3-6,8-11,16,18-19H2,1-2H3. The minimum absolute atomic E-state index is 0.116. The molecule has 2 unspecified atom stereocenters. The fourth-order valence-corrected chi connectivity index (χ4v) is 5.78. The van der Waals surface area contributed by atoms with E-state index in [1.165, 1.54) is 57.8 Å². The second-order valence-corrected chi connectivity index (χ2v) is 10.1. The summed E-state index contributed by atoms with van der Waals surface area (Å²) in [6.07, 6.45) is 13.5. The molecule has 1 nitrogen and oxygen atoms in total. The van der Waals surface area contributed by atoms with Crippen LogP contribution >= 0.6 is 0 Å². The first kappa shape index (κ1) is 23.4. The van der Waals surface area contributed by atoms with Gasteiger partial charge in [0.05, 0.1) is 12.7 Å². The van der Waals surface area contributed by atoms with Crippen molar-refractivity contribution in [2.45, 2.75) is 84.2 Å². The van der Waals surface area contributed by atoms with Crippen molar-refractivity contribution in [2.75, 3.05) is 6.61 Å². The smallest absolute Gasteiger partial charge is 0.166 e. The lowest BCUT2D eigenvalue weighted by Gasteiger charge is -2.38. The summed E-state index contributed by atoms with van der Waals surface area (Å²) < 4.78 is 34.6. The Morgan fingerprint density at radius 3 is 2.19 bits per heavy atom. The van der Waals surface area contributed by atoms with Gasteiger partial charge in [-0.15, -0.1) is 0 Å². The molecule has 0 radical (unpaired) electrons. The predicted molar refractivity (Wildman–Crippen MR) is 128 cm³/mol. The van der Waals surface area contributed by atoms with Gasteiger partial charge in [-0.2, -0.15) is 0 Å². The van der Waals surface area contributed by atoms with E-state index in [4.69, 9.17) is 4.74 Å². The van der Waals surface area contributed by atoms with Crippen LogP contribution in [0.4, 0.5) is 8.78 Å². The molecule has 3 heteroatoms. The lowest BCUT2D eigenvalue weighted by atomic mass is 9.72. The monoisotopic (exact) mass is 440 g/mol. The van der Waals surface area contributed by atoms with Gasteiger partial charge in [0.15, 0.2) is 11.6 Å². The molecule has 0 spiro atoms. The zero-order chi connectivity index (χ0) is 22.5. The van der Waals surface area contributed by atoms with Crippen molar-refractivity contribution in [1.29, 1.82) is 0 Å². The van der Waals surface area contributed by atoms with E-state index >= 15 is 0 Å². The number of benzene rings is 2. The quantitative estimate of drug-likeness (QED) is 0.391. The van der Waals surface area contributed by atoms with Crippen LogP contribution in [0.15, 0.2) is 36.4 Å². The predicted octanol–water partition coefficient (Wildman–Crippen LogP) is 8.79. The van der Waals surface area contributed by atoms with E-state index in [1.807, 2.05) is 24.3 Å². The van der Waals surface area contributed by atoms with E-state index in [0.29, 0.717) is 22.6 Å². The highest BCUT2D eigenvalue weighted by molar-refractivity contribution is 5.65. The molecule has 1 aliphatic heterocycles. The molecule has 1 saturated heterocycles. The van der Waals surface area contributed by atoms with Gasteiger partial charge in [-0.05, 0) is 67.1 Å². The maximum atomic E-state index is 14.3. The molecule has 1 saturated carbocycles. The average molecular weight is 441 g/mol. The van der Waals surface area contributed by atoms with Gasteiger partial charge in [-0.25, -0.2) is 8.78 Å². The van der Waals surface area contributed by atoms with Crippen LogP contribution in [0.1, 0.15) is 88.4 Å². The minimum Gasteiger partial charge on any atom is -0.373 e. The highest BCUT2D eigenvalue weighted by atomic mass is 19.2. The summed E-state index contributed by atoms with van der Waals surface area (Å²) in [6, 6.07) is 11.1. The molecule has 0 N–H and O–H groups in total. The van der Waals surface area contributed by atoms with Crippen molar-refractivity contribution in [1.82, 2.24) is 0 Å². The van der Waals surface area contributed by atoms with Crippen LogP contribution in [0.25, 0.3) is 11.1 Å². The first-order chi connectivity index (χ1) is 15.6. The summed E-state index contributed by atoms with van der Waals surface area (Å²) >= 11 is 0. The van der Waals surface area contributed by atoms with Crippen molar-refractivity contribution in [3.8, 4) is 11.1 Å². The van der Waals surface area contributed by atoms with Crippen molar-refractivity contribution < 1.29 is 13.5 Å². The van der Waals surface area contributed by atoms with E-state index in [1.54, 1.807) is 19.1 Å². The lowest BCUT2D eigenvalue weighted by Crippen LogP contribution is -2.29. The number of ether oxygens (including phenoxy) is 1. The van der Waals surface area contributed by atoms with Crippen molar-refractivity contribution in [3.05, 3.63) is 59.2 Å². The largest absolute Gasteiger partial charge is 0.373 e. The van der Waals surface area contributed by atoms with Gasteiger partial charge >= 0.3 is 0 Å². The highest BCUT2D eigenvalue weighted by Gasteiger charge is 2.31. The summed E-state index contributed by atoms with van der Waals surface area (Å²) in [6.45, 7) is 4.72. The molecule has 4 rings (SSSR count). The number of halogens is 2. The molecule has 0 bridgehead atoms. The molecule has 32 heavy (non-hydrogen) atoms. The zero-order valence-electron chi connectivity index (χ0n) is 19.7. The molecule has 2 aliphatic rings. The molecule has 0 amide bonds. The summed E-state index contributed by atoms with van der Waals surface area (Å²) in [5, 5.41) is 0. The Kier molecular flexibility index (Phi) is 7.99. The molecule has 2 atom stereocenters. The van der Waals surface area contributed by atoms with Crippen LogP contribution in [-0.4, -0.2) is 6.61 Å². The average Bonchev–Trinajstić information content (AvgIpc) is 2.84.